The van der Waals surface area contributed by atoms with Crippen molar-refractivity contribution in [3.8, 4) is 0 Å². The van der Waals surface area contributed by atoms with E-state index in [9.17, 15) is 26.4 Å². The number of carbonyl (C=O) groups is 1. The van der Waals surface area contributed by atoms with Gasteiger partial charge in [0, 0.05) is 0 Å². The molecule has 0 unspecified atom stereocenters. The summed E-state index contributed by atoms with van der Waals surface area (Å²) in [6, 6.07) is 9.88. The van der Waals surface area contributed by atoms with Gasteiger partial charge in [0.15, 0.2) is 0 Å². The number of benzene rings is 2. The van der Waals surface area contributed by atoms with Gasteiger partial charge < -0.3 is 0 Å². The molecule has 0 aromatic heterocycles. The van der Waals surface area contributed by atoms with Gasteiger partial charge >= 0.3 is 178 Å². The van der Waals surface area contributed by atoms with E-state index < -0.39 is 40.0 Å². The number of amides is 1. The normalized spacial score (nSPS) is 15.7. The van der Waals surface area contributed by atoms with Gasteiger partial charge in [0.1, 0.15) is 0 Å². The molecule has 2 aromatic carbocycles. The molecule has 3 rings (SSSR count). The van der Waals surface area contributed by atoms with Crippen molar-refractivity contribution in [2.24, 2.45) is 0 Å². The molecule has 0 bridgehead atoms. The van der Waals surface area contributed by atoms with Crippen LogP contribution in [0.25, 0.3) is 0 Å². The van der Waals surface area contributed by atoms with Crippen LogP contribution in [0.1, 0.15) is 15.9 Å². The Kier molecular flexibility index (Phi) is 6.91. The predicted octanol–water partition coefficient (Wildman–Crippen LogP) is 3.62. The first-order valence-electron chi connectivity index (χ1n) is 10.2. The standard InChI is InChI=1S/C19H18F3N2O3S.3CH3.Sn/c1-28(26,27)17-4-2-3-14(13-17)18(25)24-11-9-23(10-12-24)16-7-5-15(6-8-16)19(20,21)22;;;;/h2,4-8,13H,9-12H2,1H3;3*1H3;. The number of sulfone groups is 1. The predicted molar refractivity (Wildman–Crippen MR) is 122 cm³/mol. The van der Waals surface area contributed by atoms with Crippen molar-refractivity contribution in [3.63, 3.8) is 0 Å². The van der Waals surface area contributed by atoms with Crippen LogP contribution in [0.15, 0.2) is 47.4 Å². The molecular formula is C22H27F3N2O3SSn. The van der Waals surface area contributed by atoms with E-state index >= 15 is 0 Å². The SMILES string of the molecule is CS(=O)(=O)c1cc[c]([Sn]([CH3])([CH3])[CH3])c(C(=O)N2CCN(c3ccc(C(F)(F)F)cc3)CC2)c1. The second-order valence-corrected chi connectivity index (χ2v) is 25.5. The zero-order valence-corrected chi connectivity index (χ0v) is 22.2. The van der Waals surface area contributed by atoms with Crippen LogP contribution in [0.4, 0.5) is 18.9 Å². The molecule has 0 N–H and O–H groups in total. The fourth-order valence-corrected chi connectivity index (χ4v) is 8.91. The Bertz CT molecular complexity index is 1100. The Hall–Kier alpha value is -1.75. The Balaban J connectivity index is 1.79. The van der Waals surface area contributed by atoms with Crippen molar-refractivity contribution in [1.82, 2.24) is 4.90 Å². The van der Waals surface area contributed by atoms with Crippen LogP contribution < -0.4 is 8.48 Å². The van der Waals surface area contributed by atoms with Crippen molar-refractivity contribution < 1.29 is 26.4 Å². The van der Waals surface area contributed by atoms with E-state index in [1.54, 1.807) is 17.0 Å². The molecule has 5 nitrogen and oxygen atoms in total. The van der Waals surface area contributed by atoms with E-state index in [2.05, 4.69) is 14.8 Å². The molecule has 174 valence electrons. The number of halogens is 3. The summed E-state index contributed by atoms with van der Waals surface area (Å²) in [5, 5.41) is 0. The third kappa shape index (κ3) is 5.59. The Morgan fingerprint density at radius 1 is 0.938 bits per heavy atom. The number of nitrogens with zero attached hydrogens (tertiary/aromatic N) is 2. The van der Waals surface area contributed by atoms with Gasteiger partial charge in [0.25, 0.3) is 0 Å². The first-order valence-corrected chi connectivity index (χ1v) is 22.1. The maximum absolute atomic E-state index is 13.4. The minimum atomic E-state index is -4.38. The van der Waals surface area contributed by atoms with E-state index in [1.165, 1.54) is 18.2 Å². The van der Waals surface area contributed by atoms with Crippen LogP contribution in [0.3, 0.4) is 0 Å². The molecule has 1 heterocycles. The zero-order valence-electron chi connectivity index (χ0n) is 18.5. The van der Waals surface area contributed by atoms with Crippen LogP contribution in [0.2, 0.25) is 14.8 Å². The second kappa shape index (κ2) is 8.89. The van der Waals surface area contributed by atoms with Gasteiger partial charge in [-0.15, -0.1) is 0 Å². The Morgan fingerprint density at radius 2 is 1.50 bits per heavy atom. The molecule has 1 aliphatic rings. The van der Waals surface area contributed by atoms with Crippen molar-refractivity contribution in [1.29, 1.82) is 0 Å². The van der Waals surface area contributed by atoms with Crippen LogP contribution in [0, 0.1) is 0 Å². The Labute approximate surface area is 191 Å². The van der Waals surface area contributed by atoms with Gasteiger partial charge in [-0.1, -0.05) is 0 Å². The number of hydrogen-bond acceptors (Lipinski definition) is 4. The maximum atomic E-state index is 13.4. The number of anilines is 1. The number of carbonyl (C=O) groups excluding carboxylic acids is 1. The summed E-state index contributed by atoms with van der Waals surface area (Å²) >= 11 is -2.72. The van der Waals surface area contributed by atoms with Crippen molar-refractivity contribution in [2.45, 2.75) is 25.9 Å². The summed E-state index contributed by atoms with van der Waals surface area (Å²) in [6.45, 7) is 1.78. The van der Waals surface area contributed by atoms with Gasteiger partial charge in [-0.05, 0) is 0 Å². The zero-order chi connectivity index (χ0) is 23.9. The number of alkyl halides is 3. The topological polar surface area (TPSA) is 57.7 Å². The first-order chi connectivity index (χ1) is 14.7. The molecule has 0 atom stereocenters. The summed E-state index contributed by atoms with van der Waals surface area (Å²) < 4.78 is 63.4. The van der Waals surface area contributed by atoms with E-state index in [-0.39, 0.29) is 10.8 Å². The monoisotopic (exact) mass is 576 g/mol. The average molecular weight is 575 g/mol. The first kappa shape index (κ1) is 24.9. The third-order valence-corrected chi connectivity index (χ3v) is 12.6. The molecule has 0 saturated carbocycles. The number of rotatable bonds is 4. The number of piperazine rings is 1. The molecule has 2 aromatic rings. The second-order valence-electron chi connectivity index (χ2n) is 9.05. The molecular weight excluding hydrogens is 548 g/mol. The van der Waals surface area contributed by atoms with Crippen LogP contribution in [0.5, 0.6) is 0 Å². The molecule has 1 amide bonds. The fourth-order valence-electron chi connectivity index (χ4n) is 3.78. The Morgan fingerprint density at radius 3 is 1.97 bits per heavy atom. The average Bonchev–Trinajstić information content (AvgIpc) is 2.71. The van der Waals surface area contributed by atoms with Gasteiger partial charge in [0.2, 0.25) is 0 Å². The molecule has 0 spiro atoms. The minimum absolute atomic E-state index is 0.128. The van der Waals surface area contributed by atoms with E-state index in [0.29, 0.717) is 37.4 Å². The van der Waals surface area contributed by atoms with E-state index in [4.69, 9.17) is 0 Å². The molecule has 1 saturated heterocycles. The van der Waals surface area contributed by atoms with Crippen molar-refractivity contribution >= 4 is 43.4 Å². The van der Waals surface area contributed by atoms with Crippen LogP contribution >= 0.6 is 0 Å². The molecule has 1 fully saturated rings. The van der Waals surface area contributed by atoms with Gasteiger partial charge in [0.05, 0.1) is 0 Å². The number of hydrogen-bond donors (Lipinski definition) is 0. The van der Waals surface area contributed by atoms with Gasteiger partial charge in [-0.3, -0.25) is 0 Å². The van der Waals surface area contributed by atoms with Crippen molar-refractivity contribution in [3.05, 3.63) is 53.6 Å². The summed E-state index contributed by atoms with van der Waals surface area (Å²) in [4.78, 5) is 23.6. The summed E-state index contributed by atoms with van der Waals surface area (Å²) in [6.07, 6.45) is -3.25. The molecule has 10 heteroatoms. The molecule has 32 heavy (non-hydrogen) atoms. The summed E-state index contributed by atoms with van der Waals surface area (Å²) in [5.41, 5.74) is 0.441. The summed E-state index contributed by atoms with van der Waals surface area (Å²) in [7, 11) is -3.45. The van der Waals surface area contributed by atoms with Crippen LogP contribution in [-0.2, 0) is 16.0 Å². The molecule has 1 aliphatic heterocycles. The molecule has 0 radical (unpaired) electrons. The van der Waals surface area contributed by atoms with Gasteiger partial charge in [-0.2, -0.15) is 13.2 Å². The van der Waals surface area contributed by atoms with Crippen molar-refractivity contribution in [2.75, 3.05) is 37.3 Å². The third-order valence-electron chi connectivity index (χ3n) is 5.58. The fraction of sp³-hybridized carbons (Fsp3) is 0.409. The quantitative estimate of drug-likeness (QED) is 0.524. The molecule has 0 aliphatic carbocycles. The van der Waals surface area contributed by atoms with Crippen LogP contribution in [-0.4, -0.2) is 70.0 Å². The summed E-state index contributed by atoms with van der Waals surface area (Å²) in [5.74, 6) is -0.191. The van der Waals surface area contributed by atoms with E-state index in [0.717, 1.165) is 22.0 Å². The van der Waals surface area contributed by atoms with Gasteiger partial charge in [-0.25, -0.2) is 0 Å². The van der Waals surface area contributed by atoms with E-state index in [1.807, 2.05) is 4.90 Å².